The quantitative estimate of drug-likeness (QED) is 0.315. The van der Waals surface area contributed by atoms with Gasteiger partial charge in [0.1, 0.15) is 0 Å². The Balaban J connectivity index is 1.71. The zero-order chi connectivity index (χ0) is 27.3. The lowest BCUT2D eigenvalue weighted by atomic mass is 10.1. The molecule has 0 saturated carbocycles. The molecule has 208 valence electrons. The van der Waals surface area contributed by atoms with Crippen molar-refractivity contribution in [3.05, 3.63) is 46.2 Å². The Hall–Kier alpha value is -3.11. The molecule has 0 spiro atoms. The summed E-state index contributed by atoms with van der Waals surface area (Å²) in [6.07, 6.45) is 2.26. The smallest absolute Gasteiger partial charge is 0.306 e. The molecule has 9 nitrogen and oxygen atoms in total. The molecule has 38 heavy (non-hydrogen) atoms. The van der Waals surface area contributed by atoms with Crippen molar-refractivity contribution in [1.82, 2.24) is 9.80 Å². The largest absolute Gasteiger partial charge is 0.493 e. The molecule has 1 atom stereocenters. The van der Waals surface area contributed by atoms with E-state index in [2.05, 4.69) is 0 Å². The van der Waals surface area contributed by atoms with E-state index >= 15 is 0 Å². The maximum absolute atomic E-state index is 13.6. The number of methoxy groups -OCH3 is 2. The van der Waals surface area contributed by atoms with Gasteiger partial charge in [0.25, 0.3) is 0 Å². The summed E-state index contributed by atoms with van der Waals surface area (Å²) in [6.45, 7) is 3.83. The van der Waals surface area contributed by atoms with Crippen molar-refractivity contribution >= 4 is 29.1 Å². The predicted molar refractivity (Wildman–Crippen MR) is 144 cm³/mol. The van der Waals surface area contributed by atoms with Gasteiger partial charge in [-0.2, -0.15) is 0 Å². The van der Waals surface area contributed by atoms with Crippen molar-refractivity contribution in [2.24, 2.45) is 0 Å². The number of amides is 2. The summed E-state index contributed by atoms with van der Waals surface area (Å²) in [5, 5.41) is 1.98. The van der Waals surface area contributed by atoms with Crippen molar-refractivity contribution in [3.63, 3.8) is 0 Å². The summed E-state index contributed by atoms with van der Waals surface area (Å²) in [5.41, 5.74) is 1.01. The van der Waals surface area contributed by atoms with Crippen LogP contribution in [-0.4, -0.2) is 80.8 Å². The fourth-order valence-electron chi connectivity index (χ4n) is 4.34. The molecule has 0 radical (unpaired) electrons. The first kappa shape index (κ1) is 29.4. The van der Waals surface area contributed by atoms with Gasteiger partial charge >= 0.3 is 5.97 Å². The predicted octanol–water partition coefficient (Wildman–Crippen LogP) is 3.69. The topological polar surface area (TPSA) is 94.6 Å². The zero-order valence-corrected chi connectivity index (χ0v) is 23.3. The van der Waals surface area contributed by atoms with E-state index in [4.69, 9.17) is 18.9 Å². The third kappa shape index (κ3) is 9.02. The number of carbonyl (C=O) groups excluding carboxylic acids is 3. The highest BCUT2D eigenvalue weighted by Gasteiger charge is 2.27. The first-order chi connectivity index (χ1) is 18.4. The molecule has 0 aliphatic carbocycles. The van der Waals surface area contributed by atoms with E-state index in [1.165, 1.54) is 4.90 Å². The highest BCUT2D eigenvalue weighted by atomic mass is 32.1. The van der Waals surface area contributed by atoms with Gasteiger partial charge in [-0.3, -0.25) is 14.4 Å². The summed E-state index contributed by atoms with van der Waals surface area (Å²) in [6, 6.07) is 9.67. The third-order valence-corrected chi connectivity index (χ3v) is 7.23. The first-order valence-corrected chi connectivity index (χ1v) is 13.9. The number of esters is 1. The van der Waals surface area contributed by atoms with Crippen molar-refractivity contribution < 1.29 is 33.3 Å². The molecule has 0 N–H and O–H groups in total. The fraction of sp³-hybridized carbons (Fsp3) is 0.536. The SMILES string of the molecule is CCOC(=O)CCC(=O)N(CC(=O)N(CCc1ccc(OC)c(OC)c1)Cc1cccs1)CC1CCCO1. The first-order valence-electron chi connectivity index (χ1n) is 13.0. The second kappa shape index (κ2) is 15.3. The number of thiophene rings is 1. The average molecular weight is 547 g/mol. The van der Waals surface area contributed by atoms with E-state index in [1.807, 2.05) is 35.7 Å². The van der Waals surface area contributed by atoms with Crippen LogP contribution in [0, 0.1) is 0 Å². The second-order valence-electron chi connectivity index (χ2n) is 9.05. The zero-order valence-electron chi connectivity index (χ0n) is 22.5. The molecule has 1 saturated heterocycles. The third-order valence-electron chi connectivity index (χ3n) is 6.37. The van der Waals surface area contributed by atoms with Crippen LogP contribution in [-0.2, 0) is 36.8 Å². The van der Waals surface area contributed by atoms with Crippen LogP contribution in [0.3, 0.4) is 0 Å². The van der Waals surface area contributed by atoms with Crippen LogP contribution in [0.15, 0.2) is 35.7 Å². The van der Waals surface area contributed by atoms with Crippen molar-refractivity contribution in [2.75, 3.05) is 47.1 Å². The van der Waals surface area contributed by atoms with Crippen molar-refractivity contribution in [1.29, 1.82) is 0 Å². The van der Waals surface area contributed by atoms with Crippen LogP contribution in [0.5, 0.6) is 11.5 Å². The maximum atomic E-state index is 13.6. The van der Waals surface area contributed by atoms with E-state index in [1.54, 1.807) is 37.4 Å². The maximum Gasteiger partial charge on any atom is 0.306 e. The molecule has 2 heterocycles. The summed E-state index contributed by atoms with van der Waals surface area (Å²) < 4.78 is 21.5. The molecule has 2 amide bonds. The van der Waals surface area contributed by atoms with Gasteiger partial charge in [-0.05, 0) is 55.3 Å². The Kier molecular flexibility index (Phi) is 11.9. The average Bonchev–Trinajstić information content (AvgIpc) is 3.63. The highest BCUT2D eigenvalue weighted by molar-refractivity contribution is 7.09. The van der Waals surface area contributed by atoms with Crippen molar-refractivity contribution in [3.8, 4) is 11.5 Å². The minimum Gasteiger partial charge on any atom is -0.493 e. The standard InChI is InChI=1S/C28H38N2O7S/c1-4-36-28(33)12-11-26(31)30(18-22-7-5-15-37-22)20-27(32)29(19-23-8-6-16-38-23)14-13-21-9-10-24(34-2)25(17-21)35-3/h6,8-10,16-17,22H,4-5,7,11-15,18-20H2,1-3H3. The Morgan fingerprint density at radius 2 is 1.87 bits per heavy atom. The molecule has 0 bridgehead atoms. The Labute approximate surface area is 228 Å². The van der Waals surface area contributed by atoms with Crippen LogP contribution in [0.1, 0.15) is 43.0 Å². The Morgan fingerprint density at radius 3 is 2.53 bits per heavy atom. The van der Waals surface area contributed by atoms with Gasteiger partial charge in [-0.1, -0.05) is 12.1 Å². The molecule has 2 aromatic rings. The van der Waals surface area contributed by atoms with E-state index in [0.717, 1.165) is 23.3 Å². The minimum absolute atomic E-state index is 0.00456. The lowest BCUT2D eigenvalue weighted by Gasteiger charge is -2.29. The normalized spacial score (nSPS) is 14.7. The van der Waals surface area contributed by atoms with Crippen LogP contribution < -0.4 is 9.47 Å². The summed E-state index contributed by atoms with van der Waals surface area (Å²) >= 11 is 1.59. The van der Waals surface area contributed by atoms with E-state index in [0.29, 0.717) is 44.2 Å². The lowest BCUT2D eigenvalue weighted by Crippen LogP contribution is -2.46. The molecule has 10 heteroatoms. The van der Waals surface area contributed by atoms with E-state index in [9.17, 15) is 14.4 Å². The lowest BCUT2D eigenvalue weighted by molar-refractivity contribution is -0.147. The van der Waals surface area contributed by atoms with Crippen LogP contribution in [0.4, 0.5) is 0 Å². The molecule has 1 aromatic carbocycles. The number of carbonyl (C=O) groups is 3. The number of hydrogen-bond donors (Lipinski definition) is 0. The number of ether oxygens (including phenoxy) is 4. The molecule has 1 fully saturated rings. The van der Waals surface area contributed by atoms with Gasteiger partial charge in [0.15, 0.2) is 11.5 Å². The molecule has 1 unspecified atom stereocenters. The molecular formula is C28H38N2O7S. The van der Waals surface area contributed by atoms with E-state index < -0.39 is 5.97 Å². The highest BCUT2D eigenvalue weighted by Crippen LogP contribution is 2.28. The molecule has 1 aromatic heterocycles. The van der Waals surface area contributed by atoms with Crippen LogP contribution in [0.25, 0.3) is 0 Å². The number of benzene rings is 1. The van der Waals surface area contributed by atoms with E-state index in [-0.39, 0.29) is 43.9 Å². The van der Waals surface area contributed by atoms with Gasteiger partial charge in [0, 0.05) is 31.0 Å². The van der Waals surface area contributed by atoms with Gasteiger partial charge < -0.3 is 28.7 Å². The second-order valence-corrected chi connectivity index (χ2v) is 10.1. The number of nitrogens with zero attached hydrogens (tertiary/aromatic N) is 2. The Bertz CT molecular complexity index is 1040. The fourth-order valence-corrected chi connectivity index (χ4v) is 5.05. The van der Waals surface area contributed by atoms with Crippen molar-refractivity contribution in [2.45, 2.75) is 51.7 Å². The van der Waals surface area contributed by atoms with Gasteiger partial charge in [0.05, 0.1) is 46.4 Å². The summed E-state index contributed by atoms with van der Waals surface area (Å²) in [5.74, 6) is 0.461. The Morgan fingerprint density at radius 1 is 1.05 bits per heavy atom. The minimum atomic E-state index is -0.418. The van der Waals surface area contributed by atoms with Gasteiger partial charge in [-0.15, -0.1) is 11.3 Å². The molecule has 3 rings (SSSR count). The van der Waals surface area contributed by atoms with Gasteiger partial charge in [0.2, 0.25) is 11.8 Å². The monoisotopic (exact) mass is 546 g/mol. The molecule has 1 aliphatic heterocycles. The summed E-state index contributed by atoms with van der Waals surface area (Å²) in [4.78, 5) is 42.9. The van der Waals surface area contributed by atoms with Gasteiger partial charge in [-0.25, -0.2) is 0 Å². The molecule has 1 aliphatic rings. The van der Waals surface area contributed by atoms with Crippen LogP contribution in [0.2, 0.25) is 0 Å². The summed E-state index contributed by atoms with van der Waals surface area (Å²) in [7, 11) is 3.19. The number of rotatable bonds is 15. The molecular weight excluding hydrogens is 508 g/mol. The number of hydrogen-bond acceptors (Lipinski definition) is 8. The van der Waals surface area contributed by atoms with Crippen LogP contribution >= 0.6 is 11.3 Å².